The molecule has 126 valence electrons. The number of ketones is 1. The number of anilines is 1. The van der Waals surface area contributed by atoms with Crippen molar-refractivity contribution in [1.82, 2.24) is 0 Å². The highest BCUT2D eigenvalue weighted by Gasteiger charge is 2.24. The van der Waals surface area contributed by atoms with Gasteiger partial charge in [0.05, 0.1) is 11.9 Å². The van der Waals surface area contributed by atoms with Crippen LogP contribution < -0.4 is 9.46 Å². The van der Waals surface area contributed by atoms with Crippen molar-refractivity contribution in [3.63, 3.8) is 0 Å². The summed E-state index contributed by atoms with van der Waals surface area (Å²) in [6.45, 7) is 1.75. The molecule has 2 aromatic rings. The van der Waals surface area contributed by atoms with Crippen molar-refractivity contribution in [3.8, 4) is 11.5 Å². The molecule has 1 N–H and O–H groups in total. The molecule has 0 saturated heterocycles. The molecule has 0 aliphatic heterocycles. The average molecular weight is 349 g/mol. The molecule has 2 aromatic carbocycles. The van der Waals surface area contributed by atoms with Gasteiger partial charge in [0, 0.05) is 12.0 Å². The van der Waals surface area contributed by atoms with Gasteiger partial charge in [-0.2, -0.15) is 0 Å². The number of carbonyl (C=O) groups excluding carboxylic acids is 1. The third-order valence-corrected chi connectivity index (χ3v) is 4.32. The highest BCUT2D eigenvalue weighted by molar-refractivity contribution is 7.92. The quantitative estimate of drug-likeness (QED) is 0.918. The minimum Gasteiger partial charge on any atom is -0.452 e. The van der Waals surface area contributed by atoms with E-state index in [-0.39, 0.29) is 23.0 Å². The molecule has 0 aromatic heterocycles. The number of fused-ring (bicyclic) bond motifs is 1. The number of rotatable bonds is 4. The van der Waals surface area contributed by atoms with Gasteiger partial charge in [0.15, 0.2) is 23.1 Å². The van der Waals surface area contributed by atoms with E-state index in [2.05, 4.69) is 4.72 Å². The van der Waals surface area contributed by atoms with Crippen LogP contribution in [0.15, 0.2) is 30.3 Å². The monoisotopic (exact) mass is 349 g/mol. The van der Waals surface area contributed by atoms with Gasteiger partial charge < -0.3 is 4.74 Å². The number of sulfonamides is 1. The van der Waals surface area contributed by atoms with E-state index in [0.29, 0.717) is 18.4 Å². The molecule has 0 radical (unpaired) electrons. The van der Waals surface area contributed by atoms with E-state index in [4.69, 9.17) is 4.74 Å². The Labute approximate surface area is 139 Å². The molecule has 1 aliphatic rings. The maximum Gasteiger partial charge on any atom is 0.229 e. The Morgan fingerprint density at radius 1 is 1.12 bits per heavy atom. The molecule has 7 heteroatoms. The van der Waals surface area contributed by atoms with Gasteiger partial charge >= 0.3 is 0 Å². The molecular formula is C17H16FNO4S. The lowest BCUT2D eigenvalue weighted by atomic mass is 10.1. The first-order valence-electron chi connectivity index (χ1n) is 7.35. The van der Waals surface area contributed by atoms with Gasteiger partial charge in [0.2, 0.25) is 10.0 Å². The van der Waals surface area contributed by atoms with Crippen molar-refractivity contribution in [1.29, 1.82) is 0 Å². The maximum atomic E-state index is 14.0. The van der Waals surface area contributed by atoms with Crippen molar-refractivity contribution in [2.24, 2.45) is 0 Å². The fourth-order valence-electron chi connectivity index (χ4n) is 2.64. The second-order valence-electron chi connectivity index (χ2n) is 5.84. The molecule has 0 saturated carbocycles. The fourth-order valence-corrected chi connectivity index (χ4v) is 3.20. The Morgan fingerprint density at radius 2 is 1.88 bits per heavy atom. The summed E-state index contributed by atoms with van der Waals surface area (Å²) >= 11 is 0. The van der Waals surface area contributed by atoms with Gasteiger partial charge in [-0.3, -0.25) is 9.52 Å². The summed E-state index contributed by atoms with van der Waals surface area (Å²) in [7, 11) is -3.55. The minimum atomic E-state index is -3.55. The van der Waals surface area contributed by atoms with Crippen LogP contribution in [0.25, 0.3) is 0 Å². The first-order valence-corrected chi connectivity index (χ1v) is 9.24. The van der Waals surface area contributed by atoms with Gasteiger partial charge in [-0.05, 0) is 48.7 Å². The van der Waals surface area contributed by atoms with E-state index in [1.54, 1.807) is 19.1 Å². The average Bonchev–Trinajstić information content (AvgIpc) is 2.81. The van der Waals surface area contributed by atoms with Gasteiger partial charge in [-0.25, -0.2) is 12.8 Å². The maximum absolute atomic E-state index is 14.0. The molecule has 0 unspecified atom stereocenters. The Hall–Kier alpha value is -2.41. The van der Waals surface area contributed by atoms with Crippen LogP contribution in [-0.4, -0.2) is 20.5 Å². The lowest BCUT2D eigenvalue weighted by Gasteiger charge is -2.14. The largest absolute Gasteiger partial charge is 0.452 e. The minimum absolute atomic E-state index is 0.0369. The topological polar surface area (TPSA) is 72.5 Å². The zero-order chi connectivity index (χ0) is 17.5. The van der Waals surface area contributed by atoms with Gasteiger partial charge in [-0.1, -0.05) is 6.07 Å². The first-order chi connectivity index (χ1) is 11.2. The van der Waals surface area contributed by atoms with Gasteiger partial charge in [0.25, 0.3) is 0 Å². The summed E-state index contributed by atoms with van der Waals surface area (Å²) in [5.41, 5.74) is 2.16. The molecule has 24 heavy (non-hydrogen) atoms. The molecule has 1 aliphatic carbocycles. The van der Waals surface area contributed by atoms with E-state index in [0.717, 1.165) is 17.4 Å². The van der Waals surface area contributed by atoms with Crippen molar-refractivity contribution in [2.75, 3.05) is 11.0 Å². The number of ether oxygens (including phenoxy) is 1. The number of hydrogen-bond acceptors (Lipinski definition) is 4. The number of Topliss-reactive ketones (excluding diaryl/α,β-unsaturated/α-hetero) is 1. The third-order valence-electron chi connectivity index (χ3n) is 3.73. The Bertz CT molecular complexity index is 938. The summed E-state index contributed by atoms with van der Waals surface area (Å²) < 4.78 is 45.1. The second kappa shape index (κ2) is 5.90. The zero-order valence-electron chi connectivity index (χ0n) is 13.2. The van der Waals surface area contributed by atoms with Crippen LogP contribution in [0.5, 0.6) is 11.5 Å². The van der Waals surface area contributed by atoms with Crippen molar-refractivity contribution in [2.45, 2.75) is 19.8 Å². The van der Waals surface area contributed by atoms with Crippen LogP contribution in [0.4, 0.5) is 10.1 Å². The van der Waals surface area contributed by atoms with E-state index in [9.17, 15) is 17.6 Å². The van der Waals surface area contributed by atoms with Crippen LogP contribution >= 0.6 is 0 Å². The molecule has 0 amide bonds. The smallest absolute Gasteiger partial charge is 0.229 e. The number of carbonyl (C=O) groups is 1. The SMILES string of the molecule is Cc1ccc(Oc2cc3c(cc2NS(C)(=O)=O)CCC3=O)c(F)c1. The van der Waals surface area contributed by atoms with E-state index in [1.807, 2.05) is 0 Å². The molecule has 0 spiro atoms. The highest BCUT2D eigenvalue weighted by atomic mass is 32.2. The number of halogens is 1. The summed E-state index contributed by atoms with van der Waals surface area (Å²) in [6, 6.07) is 7.50. The molecule has 3 rings (SSSR count). The molecular weight excluding hydrogens is 333 g/mol. The van der Waals surface area contributed by atoms with E-state index < -0.39 is 15.8 Å². The molecule has 0 atom stereocenters. The standard InChI is InChI=1S/C17H16FNO4S/c1-10-3-6-16(13(18)7-10)23-17-9-12-11(4-5-15(12)20)8-14(17)19-24(2,21)22/h3,6-9,19H,4-5H2,1-2H3. The molecule has 0 fully saturated rings. The van der Waals surface area contributed by atoms with E-state index >= 15 is 0 Å². The number of benzene rings is 2. The Morgan fingerprint density at radius 3 is 2.54 bits per heavy atom. The zero-order valence-corrected chi connectivity index (χ0v) is 14.0. The second-order valence-corrected chi connectivity index (χ2v) is 7.59. The van der Waals surface area contributed by atoms with Crippen LogP contribution in [0.2, 0.25) is 0 Å². The molecule has 0 heterocycles. The predicted octanol–water partition coefficient (Wildman–Crippen LogP) is 3.43. The summed E-state index contributed by atoms with van der Waals surface area (Å²) in [6.07, 6.45) is 1.93. The normalized spacial score (nSPS) is 13.7. The van der Waals surface area contributed by atoms with Gasteiger partial charge in [0.1, 0.15) is 0 Å². The lowest BCUT2D eigenvalue weighted by Crippen LogP contribution is -2.11. The van der Waals surface area contributed by atoms with Crippen LogP contribution in [0.3, 0.4) is 0 Å². The summed E-state index contributed by atoms with van der Waals surface area (Å²) in [5, 5.41) is 0. The number of hydrogen-bond donors (Lipinski definition) is 1. The third kappa shape index (κ3) is 3.41. The molecule has 0 bridgehead atoms. The van der Waals surface area contributed by atoms with E-state index in [1.165, 1.54) is 18.2 Å². The van der Waals surface area contributed by atoms with Crippen LogP contribution in [0.1, 0.15) is 27.9 Å². The predicted molar refractivity (Wildman–Crippen MR) is 88.8 cm³/mol. The highest BCUT2D eigenvalue weighted by Crippen LogP contribution is 2.37. The summed E-state index contributed by atoms with van der Waals surface area (Å²) in [5.74, 6) is -0.544. The van der Waals surface area contributed by atoms with Crippen molar-refractivity contribution in [3.05, 3.63) is 52.8 Å². The fraction of sp³-hybridized carbons (Fsp3) is 0.235. The number of nitrogens with one attached hydrogen (secondary N) is 1. The van der Waals surface area contributed by atoms with Crippen molar-refractivity contribution < 1.29 is 22.3 Å². The summed E-state index contributed by atoms with van der Waals surface area (Å²) in [4.78, 5) is 11.9. The molecule has 5 nitrogen and oxygen atoms in total. The lowest BCUT2D eigenvalue weighted by molar-refractivity contribution is 0.0994. The Balaban J connectivity index is 2.07. The number of aryl methyl sites for hydroxylation is 2. The Kier molecular flexibility index (Phi) is 4.04. The van der Waals surface area contributed by atoms with Crippen LogP contribution in [0, 0.1) is 12.7 Å². The van der Waals surface area contributed by atoms with Crippen molar-refractivity contribution >= 4 is 21.5 Å². The first kappa shape index (κ1) is 16.4. The van der Waals surface area contributed by atoms with Gasteiger partial charge in [-0.15, -0.1) is 0 Å². The van der Waals surface area contributed by atoms with Crippen LogP contribution in [-0.2, 0) is 16.4 Å².